The molecular weight excluding hydrogens is 344 g/mol. The van der Waals surface area contributed by atoms with Gasteiger partial charge in [-0.15, -0.1) is 11.3 Å². The fourth-order valence-electron chi connectivity index (χ4n) is 4.15. The van der Waals surface area contributed by atoms with Crippen molar-refractivity contribution in [3.8, 4) is 0 Å². The summed E-state index contributed by atoms with van der Waals surface area (Å²) in [6.45, 7) is 9.56. The molecular formula is C20H26N4OS. The van der Waals surface area contributed by atoms with Gasteiger partial charge in [0, 0.05) is 41.7 Å². The second-order valence-corrected chi connectivity index (χ2v) is 8.97. The van der Waals surface area contributed by atoms with Gasteiger partial charge in [-0.05, 0) is 50.2 Å². The van der Waals surface area contributed by atoms with E-state index in [2.05, 4.69) is 30.2 Å². The van der Waals surface area contributed by atoms with Crippen molar-refractivity contribution in [1.82, 2.24) is 14.9 Å². The smallest absolute Gasteiger partial charge is 0.232 e. The van der Waals surface area contributed by atoms with Gasteiger partial charge in [-0.2, -0.15) is 0 Å². The lowest BCUT2D eigenvalue weighted by Gasteiger charge is -2.39. The highest BCUT2D eigenvalue weighted by molar-refractivity contribution is 7.10. The molecule has 0 bridgehead atoms. The van der Waals surface area contributed by atoms with E-state index in [1.807, 2.05) is 25.3 Å². The Bertz CT molecular complexity index is 861. The van der Waals surface area contributed by atoms with Crippen molar-refractivity contribution >= 4 is 23.1 Å². The highest BCUT2D eigenvalue weighted by atomic mass is 32.1. The quantitative estimate of drug-likeness (QED) is 0.832. The maximum Gasteiger partial charge on any atom is 0.232 e. The average molecular weight is 371 g/mol. The molecule has 1 saturated heterocycles. The summed E-state index contributed by atoms with van der Waals surface area (Å²) in [5, 5.41) is 2.17. The van der Waals surface area contributed by atoms with Crippen LogP contribution in [0.3, 0.4) is 0 Å². The zero-order valence-corrected chi connectivity index (χ0v) is 16.8. The molecule has 0 aromatic carbocycles. The zero-order valence-electron chi connectivity index (χ0n) is 16.0. The number of piperidine rings is 1. The third-order valence-electron chi connectivity index (χ3n) is 5.86. The Balaban J connectivity index is 1.61. The molecule has 6 heteroatoms. The number of aryl methyl sites for hydroxylation is 2. The molecule has 2 aromatic heterocycles. The number of carbonyl (C=O) groups is 1. The molecule has 2 aromatic rings. The number of fused-ring (bicyclic) bond motifs is 1. The molecule has 26 heavy (non-hydrogen) atoms. The summed E-state index contributed by atoms with van der Waals surface area (Å²) >= 11 is 1.84. The van der Waals surface area contributed by atoms with Crippen molar-refractivity contribution in [3.05, 3.63) is 39.0 Å². The summed E-state index contributed by atoms with van der Waals surface area (Å²) in [6.07, 6.45) is 2.66. The van der Waals surface area contributed by atoms with Gasteiger partial charge >= 0.3 is 0 Å². The maximum atomic E-state index is 12.1. The molecule has 0 unspecified atom stereocenters. The first-order valence-electron chi connectivity index (χ1n) is 9.27. The number of anilines is 1. The van der Waals surface area contributed by atoms with Crippen LogP contribution < -0.4 is 4.90 Å². The third-order valence-corrected chi connectivity index (χ3v) is 6.87. The molecule has 0 spiro atoms. The Morgan fingerprint density at radius 1 is 1.31 bits per heavy atom. The van der Waals surface area contributed by atoms with Gasteiger partial charge < -0.3 is 0 Å². The Morgan fingerprint density at radius 3 is 2.85 bits per heavy atom. The van der Waals surface area contributed by atoms with Gasteiger partial charge in [-0.1, -0.05) is 6.92 Å². The normalized spacial score (nSPS) is 23.5. The first kappa shape index (κ1) is 17.6. The third kappa shape index (κ3) is 2.95. The maximum absolute atomic E-state index is 12.1. The van der Waals surface area contributed by atoms with Gasteiger partial charge in [0.05, 0.1) is 6.42 Å². The van der Waals surface area contributed by atoms with Gasteiger partial charge in [-0.3, -0.25) is 14.6 Å². The average Bonchev–Trinajstić information content (AvgIpc) is 3.12. The SMILES string of the molecule is Cc1ccsc1CN1CCC[C@](C)(c2nc(C)c3c(n2)N(C)C(=O)C3)C1. The minimum absolute atomic E-state index is 0.0737. The molecule has 4 rings (SSSR count). The molecule has 1 amide bonds. The lowest BCUT2D eigenvalue weighted by Crippen LogP contribution is -2.45. The summed E-state index contributed by atoms with van der Waals surface area (Å²) in [5.74, 6) is 1.81. The van der Waals surface area contributed by atoms with Crippen LogP contribution >= 0.6 is 11.3 Å². The minimum Gasteiger partial charge on any atom is -0.299 e. The second kappa shape index (κ2) is 6.43. The molecule has 0 radical (unpaired) electrons. The number of hydrogen-bond acceptors (Lipinski definition) is 5. The monoisotopic (exact) mass is 370 g/mol. The van der Waals surface area contributed by atoms with Crippen LogP contribution in [0.1, 0.15) is 47.3 Å². The van der Waals surface area contributed by atoms with Crippen molar-refractivity contribution in [1.29, 1.82) is 0 Å². The number of nitrogens with zero attached hydrogens (tertiary/aromatic N) is 4. The van der Waals surface area contributed by atoms with Crippen molar-refractivity contribution in [3.63, 3.8) is 0 Å². The molecule has 2 aliphatic heterocycles. The van der Waals surface area contributed by atoms with Crippen molar-refractivity contribution in [2.45, 2.75) is 52.0 Å². The van der Waals surface area contributed by atoms with Crippen LogP contribution in [0, 0.1) is 13.8 Å². The summed E-state index contributed by atoms with van der Waals surface area (Å²) in [6, 6.07) is 2.20. The van der Waals surface area contributed by atoms with E-state index < -0.39 is 0 Å². The van der Waals surface area contributed by atoms with Gasteiger partial charge in [0.15, 0.2) is 0 Å². The lowest BCUT2D eigenvalue weighted by atomic mass is 9.80. The van der Waals surface area contributed by atoms with Crippen LogP contribution in [-0.2, 0) is 23.2 Å². The first-order valence-corrected chi connectivity index (χ1v) is 10.2. The number of thiophene rings is 1. The second-order valence-electron chi connectivity index (χ2n) is 7.97. The molecule has 138 valence electrons. The highest BCUT2D eigenvalue weighted by Gasteiger charge is 2.38. The summed E-state index contributed by atoms with van der Waals surface area (Å²) in [4.78, 5) is 27.4. The van der Waals surface area contributed by atoms with E-state index in [1.165, 1.54) is 10.4 Å². The molecule has 0 aliphatic carbocycles. The van der Waals surface area contributed by atoms with E-state index in [0.29, 0.717) is 6.42 Å². The number of aromatic nitrogens is 2. The predicted octanol–water partition coefficient (Wildman–Crippen LogP) is 3.23. The predicted molar refractivity (Wildman–Crippen MR) is 105 cm³/mol. The van der Waals surface area contributed by atoms with E-state index >= 15 is 0 Å². The molecule has 1 fully saturated rings. The Morgan fingerprint density at radius 2 is 2.12 bits per heavy atom. The number of rotatable bonds is 3. The number of hydrogen-bond donors (Lipinski definition) is 0. The topological polar surface area (TPSA) is 49.3 Å². The van der Waals surface area contributed by atoms with E-state index in [9.17, 15) is 4.79 Å². The van der Waals surface area contributed by atoms with Crippen molar-refractivity contribution in [2.75, 3.05) is 25.0 Å². The van der Waals surface area contributed by atoms with E-state index in [4.69, 9.17) is 9.97 Å². The molecule has 5 nitrogen and oxygen atoms in total. The number of amides is 1. The van der Waals surface area contributed by atoms with Gasteiger partial charge in [0.1, 0.15) is 11.6 Å². The Labute approximate surface area is 159 Å². The van der Waals surface area contributed by atoms with Crippen LogP contribution in [0.2, 0.25) is 0 Å². The van der Waals surface area contributed by atoms with E-state index in [0.717, 1.165) is 55.4 Å². The van der Waals surface area contributed by atoms with Crippen LogP contribution in [0.5, 0.6) is 0 Å². The van der Waals surface area contributed by atoms with Gasteiger partial charge in [-0.25, -0.2) is 9.97 Å². The number of carbonyl (C=O) groups excluding carboxylic acids is 1. The molecule has 4 heterocycles. The van der Waals surface area contributed by atoms with Gasteiger partial charge in [0.2, 0.25) is 5.91 Å². The number of likely N-dealkylation sites (tertiary alicyclic amines) is 1. The molecule has 0 N–H and O–H groups in total. The van der Waals surface area contributed by atoms with Crippen LogP contribution in [0.15, 0.2) is 11.4 Å². The van der Waals surface area contributed by atoms with Crippen LogP contribution in [0.25, 0.3) is 0 Å². The van der Waals surface area contributed by atoms with Gasteiger partial charge in [0.25, 0.3) is 0 Å². The van der Waals surface area contributed by atoms with Crippen LogP contribution in [-0.4, -0.2) is 40.9 Å². The fourth-order valence-corrected chi connectivity index (χ4v) is 5.10. The lowest BCUT2D eigenvalue weighted by molar-refractivity contribution is -0.117. The first-order chi connectivity index (χ1) is 12.4. The summed E-state index contributed by atoms with van der Waals surface area (Å²) in [7, 11) is 1.82. The van der Waals surface area contributed by atoms with Crippen molar-refractivity contribution < 1.29 is 4.79 Å². The standard InChI is InChI=1S/C20H26N4OS/c1-13-6-9-26-16(13)11-24-8-5-7-20(3,12-24)19-21-14(2)15-10-17(25)23(4)18(15)22-19/h6,9H,5,7-8,10-12H2,1-4H3/t20-/m0/s1. The zero-order chi connectivity index (χ0) is 18.5. The largest absolute Gasteiger partial charge is 0.299 e. The summed E-state index contributed by atoms with van der Waals surface area (Å²) in [5.41, 5.74) is 3.25. The summed E-state index contributed by atoms with van der Waals surface area (Å²) < 4.78 is 0. The minimum atomic E-state index is -0.0737. The Hall–Kier alpha value is -1.79. The number of likely N-dealkylation sites (N-methyl/N-ethyl adjacent to an activating group) is 1. The molecule has 1 atom stereocenters. The van der Waals surface area contributed by atoms with Crippen LogP contribution in [0.4, 0.5) is 5.82 Å². The fraction of sp³-hybridized carbons (Fsp3) is 0.550. The van der Waals surface area contributed by atoms with E-state index in [1.54, 1.807) is 4.90 Å². The molecule has 0 saturated carbocycles. The highest BCUT2D eigenvalue weighted by Crippen LogP contribution is 2.36. The van der Waals surface area contributed by atoms with Crippen molar-refractivity contribution in [2.24, 2.45) is 0 Å². The van der Waals surface area contributed by atoms with E-state index in [-0.39, 0.29) is 11.3 Å². The Kier molecular flexibility index (Phi) is 4.35. The molecule has 2 aliphatic rings.